The molecular weight excluding hydrogens is 348 g/mol. The van der Waals surface area contributed by atoms with Crippen LogP contribution in [0, 0.1) is 0 Å². The van der Waals surface area contributed by atoms with E-state index < -0.39 is 9.84 Å². The van der Waals surface area contributed by atoms with Crippen molar-refractivity contribution in [3.8, 4) is 0 Å². The van der Waals surface area contributed by atoms with Gasteiger partial charge in [-0.15, -0.1) is 0 Å². The van der Waals surface area contributed by atoms with Crippen LogP contribution in [0.2, 0.25) is 0 Å². The van der Waals surface area contributed by atoms with Crippen LogP contribution in [-0.2, 0) is 9.84 Å². The van der Waals surface area contributed by atoms with Gasteiger partial charge in [0.2, 0.25) is 5.95 Å². The van der Waals surface area contributed by atoms with Gasteiger partial charge in [-0.3, -0.25) is 0 Å². The molecule has 1 atom stereocenters. The molecule has 1 N–H and O–H groups in total. The molecule has 1 fully saturated rings. The van der Waals surface area contributed by atoms with Gasteiger partial charge in [-0.2, -0.15) is 0 Å². The Kier molecular flexibility index (Phi) is 5.68. The van der Waals surface area contributed by atoms with Crippen LogP contribution in [0.4, 0.5) is 11.6 Å². The number of likely N-dealkylation sites (tertiary alicyclic amines) is 1. The minimum Gasteiger partial charge on any atom is -0.324 e. The molecule has 0 amide bonds. The van der Waals surface area contributed by atoms with E-state index >= 15 is 0 Å². The van der Waals surface area contributed by atoms with Crippen molar-refractivity contribution in [2.45, 2.75) is 29.4 Å². The van der Waals surface area contributed by atoms with Crippen LogP contribution in [0.25, 0.3) is 6.08 Å². The number of hydrogen-bond donors (Lipinski definition) is 1. The second kappa shape index (κ2) is 7.97. The maximum absolute atomic E-state index is 12.9. The SMILES string of the molecule is C=Cc1cnc(Nc2ccc(S(=O)(=O)C3CCCN(C)CC3)cc2)nc1.[HH]. The first-order valence-corrected chi connectivity index (χ1v) is 10.3. The first-order chi connectivity index (χ1) is 12.5. The van der Waals surface area contributed by atoms with Crippen LogP contribution < -0.4 is 5.32 Å². The lowest BCUT2D eigenvalue weighted by Gasteiger charge is -2.16. The Labute approximate surface area is 156 Å². The number of benzene rings is 1. The molecule has 1 aromatic heterocycles. The summed E-state index contributed by atoms with van der Waals surface area (Å²) in [6.07, 6.45) is 7.33. The predicted octanol–water partition coefficient (Wildman–Crippen LogP) is 3.37. The number of rotatable bonds is 5. The van der Waals surface area contributed by atoms with Gasteiger partial charge in [0, 0.05) is 25.1 Å². The molecule has 6 nitrogen and oxygen atoms in total. The van der Waals surface area contributed by atoms with Crippen molar-refractivity contribution in [1.82, 2.24) is 14.9 Å². The molecule has 3 rings (SSSR count). The van der Waals surface area contributed by atoms with Gasteiger partial charge in [0.1, 0.15) is 0 Å². The van der Waals surface area contributed by atoms with E-state index in [0.29, 0.717) is 17.3 Å². The van der Waals surface area contributed by atoms with Gasteiger partial charge >= 0.3 is 0 Å². The smallest absolute Gasteiger partial charge is 0.227 e. The molecule has 0 spiro atoms. The summed E-state index contributed by atoms with van der Waals surface area (Å²) in [6.45, 7) is 5.44. The molecule has 0 radical (unpaired) electrons. The summed E-state index contributed by atoms with van der Waals surface area (Å²) in [5.74, 6) is 0.456. The van der Waals surface area contributed by atoms with E-state index in [0.717, 1.165) is 37.2 Å². The van der Waals surface area contributed by atoms with Gasteiger partial charge in [0.05, 0.1) is 10.1 Å². The monoisotopic (exact) mass is 374 g/mol. The summed E-state index contributed by atoms with van der Waals surface area (Å²) in [5, 5.41) is 2.77. The lowest BCUT2D eigenvalue weighted by atomic mass is 10.2. The summed E-state index contributed by atoms with van der Waals surface area (Å²) in [4.78, 5) is 11.0. The third kappa shape index (κ3) is 4.28. The standard InChI is InChI=1S/C19H24N4O2S.H2/c1-3-15-13-20-19(21-14-15)22-16-6-8-18(9-7-16)26(24,25)17-5-4-11-23(2)12-10-17;/h3,6-9,13-14,17H,1,4-5,10-12H2,2H3,(H,20,21,22);1H. The number of nitrogens with one attached hydrogen (secondary N) is 1. The fraction of sp³-hybridized carbons (Fsp3) is 0.368. The van der Waals surface area contributed by atoms with E-state index in [-0.39, 0.29) is 6.68 Å². The van der Waals surface area contributed by atoms with Gasteiger partial charge in [-0.05, 0) is 63.7 Å². The van der Waals surface area contributed by atoms with Crippen molar-refractivity contribution in [1.29, 1.82) is 0 Å². The van der Waals surface area contributed by atoms with Crippen molar-refractivity contribution in [2.24, 2.45) is 0 Å². The summed E-state index contributed by atoms with van der Waals surface area (Å²) >= 11 is 0. The molecule has 2 heterocycles. The highest BCUT2D eigenvalue weighted by Crippen LogP contribution is 2.26. The van der Waals surface area contributed by atoms with Crippen LogP contribution in [0.1, 0.15) is 26.3 Å². The zero-order valence-corrected chi connectivity index (χ0v) is 15.7. The number of hydrogen-bond acceptors (Lipinski definition) is 6. The number of aromatic nitrogens is 2. The Morgan fingerprint density at radius 3 is 2.54 bits per heavy atom. The molecule has 1 aliphatic rings. The fourth-order valence-corrected chi connectivity index (χ4v) is 4.87. The molecule has 1 unspecified atom stereocenters. The van der Waals surface area contributed by atoms with Gasteiger partial charge < -0.3 is 10.2 Å². The Morgan fingerprint density at radius 1 is 1.19 bits per heavy atom. The number of nitrogens with zero attached hydrogens (tertiary/aromatic N) is 3. The van der Waals surface area contributed by atoms with Crippen LogP contribution in [0.5, 0.6) is 0 Å². The molecule has 0 aliphatic carbocycles. The Hall–Kier alpha value is -2.25. The molecular formula is C19H26N4O2S. The third-order valence-corrected chi connectivity index (χ3v) is 6.96. The second-order valence-electron chi connectivity index (χ2n) is 6.59. The van der Waals surface area contributed by atoms with Crippen LogP contribution in [0.15, 0.2) is 48.1 Å². The number of sulfone groups is 1. The molecule has 1 saturated heterocycles. The van der Waals surface area contributed by atoms with Crippen molar-refractivity contribution in [3.05, 3.63) is 48.8 Å². The number of anilines is 2. The van der Waals surface area contributed by atoms with Crippen molar-refractivity contribution in [3.63, 3.8) is 0 Å². The Morgan fingerprint density at radius 2 is 1.88 bits per heavy atom. The summed E-state index contributed by atoms with van der Waals surface area (Å²) < 4.78 is 25.8. The van der Waals surface area contributed by atoms with Gasteiger partial charge in [0.25, 0.3) is 0 Å². The average molecular weight is 375 g/mol. The molecule has 0 bridgehead atoms. The van der Waals surface area contributed by atoms with E-state index in [4.69, 9.17) is 0 Å². The third-order valence-electron chi connectivity index (χ3n) is 4.68. The molecule has 7 heteroatoms. The minimum absolute atomic E-state index is 0. The molecule has 2 aromatic rings. The largest absolute Gasteiger partial charge is 0.324 e. The van der Waals surface area contributed by atoms with Gasteiger partial charge in [-0.1, -0.05) is 12.7 Å². The van der Waals surface area contributed by atoms with E-state index in [9.17, 15) is 8.42 Å². The minimum atomic E-state index is -3.30. The quantitative estimate of drug-likeness (QED) is 0.865. The van der Waals surface area contributed by atoms with E-state index in [1.165, 1.54) is 0 Å². The first-order valence-electron chi connectivity index (χ1n) is 8.73. The highest BCUT2D eigenvalue weighted by atomic mass is 32.2. The highest BCUT2D eigenvalue weighted by Gasteiger charge is 2.28. The van der Waals surface area contributed by atoms with E-state index in [1.54, 1.807) is 42.7 Å². The van der Waals surface area contributed by atoms with Crippen molar-refractivity contribution >= 4 is 27.5 Å². The Bertz CT molecular complexity index is 854. The Balaban J connectivity index is 0.00000261. The summed E-state index contributed by atoms with van der Waals surface area (Å²) in [6, 6.07) is 6.82. The predicted molar refractivity (Wildman–Crippen MR) is 106 cm³/mol. The van der Waals surface area contributed by atoms with Crippen LogP contribution in [-0.4, -0.2) is 48.7 Å². The average Bonchev–Trinajstić information content (AvgIpc) is 2.88. The molecule has 0 saturated carbocycles. The molecule has 26 heavy (non-hydrogen) atoms. The van der Waals surface area contributed by atoms with Crippen LogP contribution >= 0.6 is 0 Å². The lowest BCUT2D eigenvalue weighted by molar-refractivity contribution is 0.349. The molecule has 1 aliphatic heterocycles. The van der Waals surface area contributed by atoms with E-state index in [1.807, 2.05) is 7.05 Å². The molecule has 140 valence electrons. The van der Waals surface area contributed by atoms with Gasteiger partial charge in [-0.25, -0.2) is 18.4 Å². The van der Waals surface area contributed by atoms with Crippen molar-refractivity contribution < 1.29 is 9.84 Å². The van der Waals surface area contributed by atoms with Crippen LogP contribution in [0.3, 0.4) is 0 Å². The lowest BCUT2D eigenvalue weighted by Crippen LogP contribution is -2.24. The maximum atomic E-state index is 12.9. The maximum Gasteiger partial charge on any atom is 0.227 e. The molecule has 1 aromatic carbocycles. The highest BCUT2D eigenvalue weighted by molar-refractivity contribution is 7.92. The topological polar surface area (TPSA) is 75.2 Å². The van der Waals surface area contributed by atoms with Crippen molar-refractivity contribution in [2.75, 3.05) is 25.5 Å². The summed E-state index contributed by atoms with van der Waals surface area (Å²) in [7, 11) is -1.26. The van der Waals surface area contributed by atoms with Gasteiger partial charge in [0.15, 0.2) is 9.84 Å². The first kappa shape index (κ1) is 18.5. The normalized spacial score (nSPS) is 18.9. The summed E-state index contributed by atoms with van der Waals surface area (Å²) in [5.41, 5.74) is 1.59. The zero-order valence-electron chi connectivity index (χ0n) is 14.9. The second-order valence-corrected chi connectivity index (χ2v) is 8.82. The van der Waals surface area contributed by atoms with E-state index in [2.05, 4.69) is 26.8 Å². The fourth-order valence-electron chi connectivity index (χ4n) is 3.08. The zero-order chi connectivity index (χ0) is 18.6.